The van der Waals surface area contributed by atoms with Gasteiger partial charge >= 0.3 is 0 Å². The number of hydrogen-bond acceptors (Lipinski definition) is 3. The van der Waals surface area contributed by atoms with Crippen molar-refractivity contribution in [2.45, 2.75) is 46.6 Å². The zero-order valence-electron chi connectivity index (χ0n) is 15.1. The van der Waals surface area contributed by atoms with E-state index in [4.69, 9.17) is 4.74 Å². The maximum atomic E-state index is 12.3. The van der Waals surface area contributed by atoms with Gasteiger partial charge in [0.2, 0.25) is 11.8 Å². The molecule has 1 aliphatic heterocycles. The molecule has 1 unspecified atom stereocenters. The van der Waals surface area contributed by atoms with Crippen LogP contribution < -0.4 is 10.2 Å². The van der Waals surface area contributed by atoms with Gasteiger partial charge in [-0.05, 0) is 57.4 Å². The first-order valence-electron chi connectivity index (χ1n) is 8.65. The molecule has 0 radical (unpaired) electrons. The van der Waals surface area contributed by atoms with Crippen LogP contribution in [0, 0.1) is 19.8 Å². The van der Waals surface area contributed by atoms with E-state index < -0.39 is 0 Å². The normalized spacial score (nSPS) is 17.6. The van der Waals surface area contributed by atoms with E-state index in [2.05, 4.69) is 11.4 Å². The lowest BCUT2D eigenvalue weighted by Gasteiger charge is -2.18. The molecule has 0 bridgehead atoms. The van der Waals surface area contributed by atoms with Crippen LogP contribution in [0.25, 0.3) is 0 Å². The molecule has 1 aromatic carbocycles. The third-order valence-electron chi connectivity index (χ3n) is 4.09. The zero-order chi connectivity index (χ0) is 17.7. The third-order valence-corrected chi connectivity index (χ3v) is 4.09. The number of hydrogen-bond donors (Lipinski definition) is 1. The van der Waals surface area contributed by atoms with Gasteiger partial charge in [-0.3, -0.25) is 9.59 Å². The minimum Gasteiger partial charge on any atom is -0.379 e. The molecule has 132 valence electrons. The number of carbonyl (C=O) groups is 2. The van der Waals surface area contributed by atoms with Gasteiger partial charge < -0.3 is 15.0 Å². The van der Waals surface area contributed by atoms with Crippen LogP contribution in [0.3, 0.4) is 0 Å². The summed E-state index contributed by atoms with van der Waals surface area (Å²) in [4.78, 5) is 26.3. The molecular formula is C19H28N2O3. The van der Waals surface area contributed by atoms with Crippen LogP contribution >= 0.6 is 0 Å². The van der Waals surface area contributed by atoms with Crippen LogP contribution in [-0.4, -0.2) is 37.6 Å². The number of carbonyl (C=O) groups excluding carboxylic acids is 2. The Morgan fingerprint density at radius 1 is 1.29 bits per heavy atom. The molecule has 0 spiro atoms. The van der Waals surface area contributed by atoms with Crippen LogP contribution in [0.5, 0.6) is 0 Å². The second-order valence-electron chi connectivity index (χ2n) is 6.82. The number of rotatable bonds is 7. The van der Waals surface area contributed by atoms with Crippen LogP contribution in [0.2, 0.25) is 0 Å². The van der Waals surface area contributed by atoms with Gasteiger partial charge in [0.15, 0.2) is 0 Å². The van der Waals surface area contributed by atoms with Gasteiger partial charge in [0.1, 0.15) is 0 Å². The average Bonchev–Trinajstić information content (AvgIpc) is 2.87. The van der Waals surface area contributed by atoms with Crippen molar-refractivity contribution < 1.29 is 14.3 Å². The Morgan fingerprint density at radius 2 is 1.96 bits per heavy atom. The van der Waals surface area contributed by atoms with Crippen molar-refractivity contribution >= 4 is 17.5 Å². The Labute approximate surface area is 144 Å². The number of anilines is 1. The van der Waals surface area contributed by atoms with E-state index in [-0.39, 0.29) is 30.3 Å². The minimum atomic E-state index is -0.274. The van der Waals surface area contributed by atoms with Gasteiger partial charge in [0.05, 0.1) is 12.0 Å². The summed E-state index contributed by atoms with van der Waals surface area (Å²) in [5.41, 5.74) is 3.13. The molecular weight excluding hydrogens is 304 g/mol. The second-order valence-corrected chi connectivity index (χ2v) is 6.82. The van der Waals surface area contributed by atoms with Crippen LogP contribution in [-0.2, 0) is 14.3 Å². The number of ether oxygens (including phenoxy) is 1. The maximum Gasteiger partial charge on any atom is 0.227 e. The summed E-state index contributed by atoms with van der Waals surface area (Å²) in [5.74, 6) is -0.299. The molecule has 1 heterocycles. The molecule has 1 N–H and O–H groups in total. The number of amides is 2. The first-order chi connectivity index (χ1) is 11.4. The van der Waals surface area contributed by atoms with Gasteiger partial charge in [0, 0.05) is 31.8 Å². The Bertz CT molecular complexity index is 578. The molecule has 1 fully saturated rings. The summed E-state index contributed by atoms with van der Waals surface area (Å²) in [6, 6.07) is 6.07. The Kier molecular flexibility index (Phi) is 6.37. The molecule has 2 rings (SSSR count). The van der Waals surface area contributed by atoms with E-state index in [9.17, 15) is 9.59 Å². The molecule has 24 heavy (non-hydrogen) atoms. The fraction of sp³-hybridized carbons (Fsp3) is 0.579. The van der Waals surface area contributed by atoms with Crippen molar-refractivity contribution in [1.82, 2.24) is 5.32 Å². The first kappa shape index (κ1) is 18.5. The fourth-order valence-electron chi connectivity index (χ4n) is 2.99. The fourth-order valence-corrected chi connectivity index (χ4v) is 2.99. The monoisotopic (exact) mass is 332 g/mol. The number of nitrogens with one attached hydrogen (secondary N) is 1. The highest BCUT2D eigenvalue weighted by molar-refractivity contribution is 6.00. The van der Waals surface area contributed by atoms with E-state index >= 15 is 0 Å². The third kappa shape index (κ3) is 5.06. The van der Waals surface area contributed by atoms with E-state index in [0.717, 1.165) is 23.2 Å². The molecule has 1 saturated heterocycles. The number of aryl methyl sites for hydroxylation is 2. The van der Waals surface area contributed by atoms with Crippen molar-refractivity contribution in [1.29, 1.82) is 0 Å². The molecule has 1 atom stereocenters. The van der Waals surface area contributed by atoms with Crippen molar-refractivity contribution in [3.63, 3.8) is 0 Å². The SMILES string of the molecule is Cc1cc(C)cc(N2CC(C(=O)NCCCOC(C)C)CC2=O)c1. The molecule has 1 aromatic rings. The molecule has 5 heteroatoms. The quantitative estimate of drug-likeness (QED) is 0.781. The lowest BCUT2D eigenvalue weighted by atomic mass is 10.1. The van der Waals surface area contributed by atoms with Gasteiger partial charge in [-0.15, -0.1) is 0 Å². The summed E-state index contributed by atoms with van der Waals surface area (Å²) in [7, 11) is 0. The Hall–Kier alpha value is -1.88. The predicted octanol–water partition coefficient (Wildman–Crippen LogP) is 2.59. The summed E-state index contributed by atoms with van der Waals surface area (Å²) in [6.45, 7) is 9.68. The zero-order valence-corrected chi connectivity index (χ0v) is 15.1. The summed E-state index contributed by atoms with van der Waals surface area (Å²) < 4.78 is 5.45. The van der Waals surface area contributed by atoms with Crippen molar-refractivity contribution in [2.24, 2.45) is 5.92 Å². The highest BCUT2D eigenvalue weighted by Crippen LogP contribution is 2.27. The highest BCUT2D eigenvalue weighted by Gasteiger charge is 2.35. The lowest BCUT2D eigenvalue weighted by Crippen LogP contribution is -2.34. The van der Waals surface area contributed by atoms with Gasteiger partial charge in [-0.2, -0.15) is 0 Å². The van der Waals surface area contributed by atoms with Gasteiger partial charge in [0.25, 0.3) is 0 Å². The smallest absolute Gasteiger partial charge is 0.227 e. The second kappa shape index (κ2) is 8.29. The summed E-state index contributed by atoms with van der Waals surface area (Å²) in [6.07, 6.45) is 1.27. The maximum absolute atomic E-state index is 12.3. The Balaban J connectivity index is 1.86. The Morgan fingerprint density at radius 3 is 2.58 bits per heavy atom. The van der Waals surface area contributed by atoms with Gasteiger partial charge in [-0.1, -0.05) is 6.07 Å². The molecule has 0 aromatic heterocycles. The van der Waals surface area contributed by atoms with Crippen LogP contribution in [0.4, 0.5) is 5.69 Å². The number of nitrogens with zero attached hydrogens (tertiary/aromatic N) is 1. The van der Waals surface area contributed by atoms with E-state index in [0.29, 0.717) is 19.7 Å². The van der Waals surface area contributed by atoms with Crippen LogP contribution in [0.1, 0.15) is 37.8 Å². The van der Waals surface area contributed by atoms with E-state index in [1.807, 2.05) is 39.8 Å². The number of benzene rings is 1. The largest absolute Gasteiger partial charge is 0.379 e. The lowest BCUT2D eigenvalue weighted by molar-refractivity contribution is -0.126. The minimum absolute atomic E-state index is 0.0169. The molecule has 5 nitrogen and oxygen atoms in total. The topological polar surface area (TPSA) is 58.6 Å². The standard InChI is InChI=1S/C19H28N2O3/c1-13(2)24-7-5-6-20-19(23)16-11-18(22)21(12-16)17-9-14(3)8-15(4)10-17/h8-10,13,16H,5-7,11-12H2,1-4H3,(H,20,23). The average molecular weight is 332 g/mol. The van der Waals surface area contributed by atoms with Crippen molar-refractivity contribution in [3.8, 4) is 0 Å². The highest BCUT2D eigenvalue weighted by atomic mass is 16.5. The van der Waals surface area contributed by atoms with E-state index in [1.165, 1.54) is 0 Å². The van der Waals surface area contributed by atoms with E-state index in [1.54, 1.807) is 4.90 Å². The molecule has 0 saturated carbocycles. The first-order valence-corrected chi connectivity index (χ1v) is 8.65. The van der Waals surface area contributed by atoms with Crippen molar-refractivity contribution in [3.05, 3.63) is 29.3 Å². The van der Waals surface area contributed by atoms with Crippen molar-refractivity contribution in [2.75, 3.05) is 24.6 Å². The summed E-state index contributed by atoms with van der Waals surface area (Å²) in [5, 5.41) is 2.92. The molecule has 1 aliphatic rings. The summed E-state index contributed by atoms with van der Waals surface area (Å²) >= 11 is 0. The van der Waals surface area contributed by atoms with Crippen LogP contribution in [0.15, 0.2) is 18.2 Å². The molecule has 2 amide bonds. The molecule has 0 aliphatic carbocycles. The predicted molar refractivity (Wildman–Crippen MR) is 95.1 cm³/mol. The van der Waals surface area contributed by atoms with Gasteiger partial charge in [-0.25, -0.2) is 0 Å².